The Morgan fingerprint density at radius 2 is 2.14 bits per heavy atom. The van der Waals surface area contributed by atoms with Gasteiger partial charge in [-0.25, -0.2) is 9.97 Å². The number of phenolic OH excluding ortho intramolecular Hbond substituents is 1. The Hall–Kier alpha value is -2.14. The molecule has 2 atom stereocenters. The van der Waals surface area contributed by atoms with E-state index in [0.29, 0.717) is 23.5 Å². The van der Waals surface area contributed by atoms with Gasteiger partial charge in [-0.2, -0.15) is 0 Å². The summed E-state index contributed by atoms with van der Waals surface area (Å²) in [6.07, 6.45) is 1.19. The van der Waals surface area contributed by atoms with Gasteiger partial charge in [-0.15, -0.1) is 0 Å². The van der Waals surface area contributed by atoms with E-state index < -0.39 is 0 Å². The predicted octanol–water partition coefficient (Wildman–Crippen LogP) is 1.71. The molecule has 2 N–H and O–H groups in total. The van der Waals surface area contributed by atoms with Gasteiger partial charge in [-0.3, -0.25) is 0 Å². The van der Waals surface area contributed by atoms with Crippen molar-refractivity contribution in [2.45, 2.75) is 25.4 Å². The van der Waals surface area contributed by atoms with Crippen LogP contribution < -0.4 is 10.2 Å². The molecule has 5 heteroatoms. The van der Waals surface area contributed by atoms with Crippen LogP contribution in [0.3, 0.4) is 0 Å². The second-order valence-corrected chi connectivity index (χ2v) is 5.86. The number of nitrogens with zero attached hydrogens (tertiary/aromatic N) is 3. The molecule has 2 aliphatic rings. The molecule has 0 saturated carbocycles. The van der Waals surface area contributed by atoms with Crippen LogP contribution >= 0.6 is 0 Å². The van der Waals surface area contributed by atoms with Crippen LogP contribution in [0.15, 0.2) is 30.3 Å². The molecule has 1 aromatic carbocycles. The lowest BCUT2D eigenvalue weighted by Crippen LogP contribution is -2.44. The van der Waals surface area contributed by atoms with E-state index in [-0.39, 0.29) is 5.75 Å². The maximum absolute atomic E-state index is 10.0. The first kappa shape index (κ1) is 12.6. The highest BCUT2D eigenvalue weighted by atomic mass is 16.3. The van der Waals surface area contributed by atoms with Crippen molar-refractivity contribution < 1.29 is 5.11 Å². The summed E-state index contributed by atoms with van der Waals surface area (Å²) in [5.74, 6) is 1.78. The normalized spacial score (nSPS) is 23.8. The van der Waals surface area contributed by atoms with Crippen LogP contribution in [0.25, 0.3) is 11.4 Å². The molecule has 0 amide bonds. The topological polar surface area (TPSA) is 61.3 Å². The van der Waals surface area contributed by atoms with Crippen LogP contribution in [0.5, 0.6) is 5.75 Å². The maximum atomic E-state index is 10.0. The summed E-state index contributed by atoms with van der Waals surface area (Å²) < 4.78 is 0. The third-order valence-corrected chi connectivity index (χ3v) is 4.34. The highest BCUT2D eigenvalue weighted by molar-refractivity contribution is 5.65. The van der Waals surface area contributed by atoms with Gasteiger partial charge in [-0.1, -0.05) is 12.1 Å². The molecule has 2 fully saturated rings. The number of fused-ring (bicyclic) bond motifs is 2. The molecule has 0 unspecified atom stereocenters. The summed E-state index contributed by atoms with van der Waals surface area (Å²) in [6.45, 7) is 4.00. The first-order valence-corrected chi connectivity index (χ1v) is 7.35. The first-order valence-electron chi connectivity index (χ1n) is 7.35. The number of rotatable bonds is 2. The number of aromatic hydroxyl groups is 1. The number of piperazine rings is 1. The van der Waals surface area contributed by atoms with Crippen molar-refractivity contribution in [3.05, 3.63) is 36.0 Å². The van der Waals surface area contributed by atoms with E-state index >= 15 is 0 Å². The molecule has 21 heavy (non-hydrogen) atoms. The Bertz CT molecular complexity index is 688. The monoisotopic (exact) mass is 282 g/mol. The van der Waals surface area contributed by atoms with Crippen molar-refractivity contribution in [1.82, 2.24) is 15.3 Å². The van der Waals surface area contributed by atoms with Crippen molar-refractivity contribution in [3.8, 4) is 17.1 Å². The lowest BCUT2D eigenvalue weighted by Gasteiger charge is -2.28. The van der Waals surface area contributed by atoms with Crippen molar-refractivity contribution in [1.29, 1.82) is 0 Å². The minimum absolute atomic E-state index is 0.221. The molecular weight excluding hydrogens is 264 g/mol. The quantitative estimate of drug-likeness (QED) is 0.878. The van der Waals surface area contributed by atoms with Gasteiger partial charge in [0.15, 0.2) is 5.82 Å². The highest BCUT2D eigenvalue weighted by Gasteiger charge is 2.38. The smallest absolute Gasteiger partial charge is 0.165 e. The number of nitrogens with one attached hydrogen (secondary N) is 1. The maximum Gasteiger partial charge on any atom is 0.165 e. The van der Waals surface area contributed by atoms with Crippen LogP contribution in [0.1, 0.15) is 12.1 Å². The highest BCUT2D eigenvalue weighted by Crippen LogP contribution is 2.31. The van der Waals surface area contributed by atoms with Gasteiger partial charge in [0.25, 0.3) is 0 Å². The Morgan fingerprint density at radius 1 is 1.29 bits per heavy atom. The zero-order chi connectivity index (χ0) is 14.4. The van der Waals surface area contributed by atoms with Gasteiger partial charge >= 0.3 is 0 Å². The molecule has 4 rings (SSSR count). The third-order valence-electron chi connectivity index (χ3n) is 4.34. The van der Waals surface area contributed by atoms with E-state index in [1.807, 2.05) is 25.1 Å². The standard InChI is InChI=1S/C16H18N4O/c1-10-6-15(20-9-11-7-12(20)8-17-11)19-16(18-10)13-4-2-3-5-14(13)21/h2-6,11-12,17,21H,7-9H2,1H3/t11-,12-/m0/s1. The van der Waals surface area contributed by atoms with Gasteiger partial charge in [0, 0.05) is 36.9 Å². The molecule has 2 aromatic rings. The lowest BCUT2D eigenvalue weighted by molar-refractivity contribution is 0.477. The third kappa shape index (κ3) is 2.14. The van der Waals surface area contributed by atoms with Crippen molar-refractivity contribution in [2.24, 2.45) is 0 Å². The second-order valence-electron chi connectivity index (χ2n) is 5.86. The van der Waals surface area contributed by atoms with Gasteiger partial charge in [-0.05, 0) is 25.5 Å². The molecule has 108 valence electrons. The molecule has 2 aliphatic heterocycles. The molecule has 0 radical (unpaired) electrons. The molecular formula is C16H18N4O. The van der Waals surface area contributed by atoms with Crippen molar-refractivity contribution >= 4 is 5.82 Å². The Morgan fingerprint density at radius 3 is 2.86 bits per heavy atom. The summed E-state index contributed by atoms with van der Waals surface area (Å²) >= 11 is 0. The molecule has 2 saturated heterocycles. The fraction of sp³-hybridized carbons (Fsp3) is 0.375. The Balaban J connectivity index is 1.75. The van der Waals surface area contributed by atoms with Crippen LogP contribution in [-0.2, 0) is 0 Å². The summed E-state index contributed by atoms with van der Waals surface area (Å²) in [5.41, 5.74) is 1.61. The van der Waals surface area contributed by atoms with Crippen molar-refractivity contribution in [2.75, 3.05) is 18.0 Å². The fourth-order valence-corrected chi connectivity index (χ4v) is 3.32. The van der Waals surface area contributed by atoms with E-state index in [2.05, 4.69) is 15.2 Å². The predicted molar refractivity (Wildman–Crippen MR) is 81.4 cm³/mol. The van der Waals surface area contributed by atoms with E-state index in [4.69, 9.17) is 4.98 Å². The molecule has 2 bridgehead atoms. The number of para-hydroxylation sites is 1. The zero-order valence-corrected chi connectivity index (χ0v) is 12.0. The number of hydrogen-bond acceptors (Lipinski definition) is 5. The SMILES string of the molecule is Cc1cc(N2C[C@@H]3C[C@H]2CN3)nc(-c2ccccc2O)n1. The number of benzene rings is 1. The fourth-order valence-electron chi connectivity index (χ4n) is 3.32. The summed E-state index contributed by atoms with van der Waals surface area (Å²) in [5, 5.41) is 13.5. The van der Waals surface area contributed by atoms with E-state index in [1.165, 1.54) is 6.42 Å². The minimum Gasteiger partial charge on any atom is -0.507 e. The zero-order valence-electron chi connectivity index (χ0n) is 12.0. The largest absolute Gasteiger partial charge is 0.507 e. The molecule has 0 spiro atoms. The van der Waals surface area contributed by atoms with Gasteiger partial charge in [0.05, 0.1) is 5.56 Å². The average Bonchev–Trinajstić information content (AvgIpc) is 3.10. The van der Waals surface area contributed by atoms with Crippen molar-refractivity contribution in [3.63, 3.8) is 0 Å². The van der Waals surface area contributed by atoms with Crippen LogP contribution in [0.4, 0.5) is 5.82 Å². The van der Waals surface area contributed by atoms with Crippen LogP contribution in [-0.4, -0.2) is 40.2 Å². The van der Waals surface area contributed by atoms with Crippen LogP contribution in [0.2, 0.25) is 0 Å². The number of aryl methyl sites for hydroxylation is 1. The minimum atomic E-state index is 0.221. The summed E-state index contributed by atoms with van der Waals surface area (Å²) in [7, 11) is 0. The first-order chi connectivity index (χ1) is 10.2. The van der Waals surface area contributed by atoms with E-state index in [9.17, 15) is 5.11 Å². The average molecular weight is 282 g/mol. The van der Waals surface area contributed by atoms with Crippen LogP contribution in [0, 0.1) is 6.92 Å². The Labute approximate surface area is 123 Å². The number of aromatic nitrogens is 2. The lowest BCUT2D eigenvalue weighted by atomic mass is 10.2. The van der Waals surface area contributed by atoms with Gasteiger partial charge < -0.3 is 15.3 Å². The second kappa shape index (κ2) is 4.70. The summed E-state index contributed by atoms with van der Waals surface area (Å²) in [6, 6.07) is 10.4. The number of anilines is 1. The molecule has 0 aliphatic carbocycles. The van der Waals surface area contributed by atoms with Gasteiger partial charge in [0.1, 0.15) is 11.6 Å². The van der Waals surface area contributed by atoms with Gasteiger partial charge in [0.2, 0.25) is 0 Å². The molecule has 3 heterocycles. The Kier molecular flexibility index (Phi) is 2.82. The van der Waals surface area contributed by atoms with E-state index in [0.717, 1.165) is 24.6 Å². The summed E-state index contributed by atoms with van der Waals surface area (Å²) in [4.78, 5) is 11.5. The number of hydrogen-bond donors (Lipinski definition) is 2. The molecule has 1 aromatic heterocycles. The molecule has 5 nitrogen and oxygen atoms in total. The van der Waals surface area contributed by atoms with E-state index in [1.54, 1.807) is 12.1 Å². The number of phenols is 1.